The van der Waals surface area contributed by atoms with Crippen molar-refractivity contribution in [3.63, 3.8) is 0 Å². The Hall–Kier alpha value is -3.86. The lowest BCUT2D eigenvalue weighted by molar-refractivity contribution is -0.119. The van der Waals surface area contributed by atoms with Crippen molar-refractivity contribution in [2.75, 3.05) is 18.0 Å². The number of hydrogen-bond donors (Lipinski definition) is 1. The second-order valence-corrected chi connectivity index (χ2v) is 12.4. The molecule has 0 radical (unpaired) electrons. The second-order valence-electron chi connectivity index (χ2n) is 9.31. The minimum Gasteiger partial charge on any atom is -0.493 e. The van der Waals surface area contributed by atoms with Crippen LogP contribution in [-0.2, 0) is 21.4 Å². The minimum absolute atomic E-state index is 0.0438. The number of carbonyl (C=O) groups excluding carboxylic acids is 1. The molecule has 4 aromatic carbocycles. The zero-order chi connectivity index (χ0) is 30.3. The SMILES string of the molecule is COc1cc(/C=N\NC(=O)CN(c2cccc(Cl)c2C)S(=O)(=O)c2ccccc2)cc(Br)c1OCc1ccc(C)cc1. The molecule has 0 aliphatic heterocycles. The number of sulfonamides is 1. The molecule has 1 amide bonds. The maximum atomic E-state index is 13.6. The number of aryl methyl sites for hydroxylation is 1. The Balaban J connectivity index is 1.50. The molecule has 0 unspecified atom stereocenters. The number of ether oxygens (including phenoxy) is 2. The molecule has 0 fully saturated rings. The zero-order valence-electron chi connectivity index (χ0n) is 23.2. The number of hydrogen-bond acceptors (Lipinski definition) is 6. The Morgan fingerprint density at radius 1 is 1.02 bits per heavy atom. The molecule has 0 aromatic heterocycles. The summed E-state index contributed by atoms with van der Waals surface area (Å²) in [5.41, 5.74) is 6.02. The summed E-state index contributed by atoms with van der Waals surface area (Å²) in [5.74, 6) is 0.355. The number of hydrazone groups is 1. The van der Waals surface area contributed by atoms with Crippen LogP contribution in [0.15, 0.2) is 99.4 Å². The van der Waals surface area contributed by atoms with E-state index in [1.165, 1.54) is 31.0 Å². The molecule has 8 nitrogen and oxygen atoms in total. The van der Waals surface area contributed by atoms with Gasteiger partial charge in [0.2, 0.25) is 0 Å². The molecular formula is C31H29BrClN3O5S. The maximum absolute atomic E-state index is 13.6. The average Bonchev–Trinajstić information content (AvgIpc) is 2.98. The predicted molar refractivity (Wildman–Crippen MR) is 169 cm³/mol. The highest BCUT2D eigenvalue weighted by molar-refractivity contribution is 9.10. The topological polar surface area (TPSA) is 97.3 Å². The van der Waals surface area contributed by atoms with Crippen molar-refractivity contribution in [3.05, 3.63) is 117 Å². The number of anilines is 1. The molecule has 4 aromatic rings. The van der Waals surface area contributed by atoms with Gasteiger partial charge in [-0.3, -0.25) is 9.10 Å². The van der Waals surface area contributed by atoms with Gasteiger partial charge in [0.05, 0.1) is 28.4 Å². The van der Waals surface area contributed by atoms with E-state index in [1.807, 2.05) is 31.2 Å². The van der Waals surface area contributed by atoms with Gasteiger partial charge in [-0.25, -0.2) is 13.8 Å². The van der Waals surface area contributed by atoms with Crippen LogP contribution in [0.1, 0.15) is 22.3 Å². The Kier molecular flexibility index (Phi) is 10.3. The van der Waals surface area contributed by atoms with E-state index in [1.54, 1.807) is 55.5 Å². The number of nitrogens with zero attached hydrogens (tertiary/aromatic N) is 2. The highest BCUT2D eigenvalue weighted by Crippen LogP contribution is 2.37. The van der Waals surface area contributed by atoms with Gasteiger partial charge < -0.3 is 9.47 Å². The highest BCUT2D eigenvalue weighted by Gasteiger charge is 2.28. The van der Waals surface area contributed by atoms with Gasteiger partial charge in [-0.1, -0.05) is 65.7 Å². The number of nitrogens with one attached hydrogen (secondary N) is 1. The summed E-state index contributed by atoms with van der Waals surface area (Å²) < 4.78 is 40.3. The monoisotopic (exact) mass is 669 g/mol. The molecule has 11 heteroatoms. The molecule has 0 spiro atoms. The fourth-order valence-corrected chi connectivity index (χ4v) is 6.27. The summed E-state index contributed by atoms with van der Waals surface area (Å²) in [5, 5.41) is 4.42. The normalized spacial score (nSPS) is 11.4. The van der Waals surface area contributed by atoms with E-state index in [-0.39, 0.29) is 4.90 Å². The summed E-state index contributed by atoms with van der Waals surface area (Å²) in [7, 11) is -2.56. The fourth-order valence-electron chi connectivity index (χ4n) is 4.02. The van der Waals surface area contributed by atoms with Crippen molar-refractivity contribution in [1.82, 2.24) is 5.43 Å². The van der Waals surface area contributed by atoms with Gasteiger partial charge in [0, 0.05) is 5.02 Å². The fraction of sp³-hybridized carbons (Fsp3) is 0.161. The summed E-state index contributed by atoms with van der Waals surface area (Å²) in [6.45, 7) is 3.55. The van der Waals surface area contributed by atoms with Crippen LogP contribution in [0.2, 0.25) is 5.02 Å². The van der Waals surface area contributed by atoms with Crippen molar-refractivity contribution in [2.45, 2.75) is 25.3 Å². The summed E-state index contributed by atoms with van der Waals surface area (Å²) >= 11 is 9.80. The molecule has 0 bridgehead atoms. The first kappa shape index (κ1) is 31.1. The molecule has 218 valence electrons. The van der Waals surface area contributed by atoms with E-state index in [9.17, 15) is 13.2 Å². The molecule has 1 N–H and O–H groups in total. The third-order valence-electron chi connectivity index (χ3n) is 6.28. The Labute approximate surface area is 259 Å². The average molecular weight is 671 g/mol. The van der Waals surface area contributed by atoms with Crippen molar-refractivity contribution in [2.24, 2.45) is 5.10 Å². The van der Waals surface area contributed by atoms with Crippen LogP contribution in [0.4, 0.5) is 5.69 Å². The molecule has 0 saturated carbocycles. The quantitative estimate of drug-likeness (QED) is 0.142. The van der Waals surface area contributed by atoms with Crippen molar-refractivity contribution >= 4 is 55.4 Å². The number of rotatable bonds is 11. The van der Waals surface area contributed by atoms with Gasteiger partial charge in [0.15, 0.2) is 11.5 Å². The van der Waals surface area contributed by atoms with Gasteiger partial charge in [0.25, 0.3) is 15.9 Å². The van der Waals surface area contributed by atoms with E-state index in [4.69, 9.17) is 21.1 Å². The number of halogens is 2. The van der Waals surface area contributed by atoms with Crippen LogP contribution >= 0.6 is 27.5 Å². The van der Waals surface area contributed by atoms with Crippen LogP contribution in [0.3, 0.4) is 0 Å². The highest BCUT2D eigenvalue weighted by atomic mass is 79.9. The lowest BCUT2D eigenvalue weighted by Crippen LogP contribution is -2.40. The van der Waals surface area contributed by atoms with Crippen LogP contribution in [0, 0.1) is 13.8 Å². The Morgan fingerprint density at radius 2 is 1.74 bits per heavy atom. The number of amides is 1. The first-order chi connectivity index (χ1) is 20.1. The molecule has 0 aliphatic carbocycles. The van der Waals surface area contributed by atoms with Crippen molar-refractivity contribution in [1.29, 1.82) is 0 Å². The largest absolute Gasteiger partial charge is 0.493 e. The molecule has 42 heavy (non-hydrogen) atoms. The molecular weight excluding hydrogens is 642 g/mol. The van der Waals surface area contributed by atoms with Crippen LogP contribution < -0.4 is 19.2 Å². The standard InChI is InChI=1S/C31H29BrClN3O5S/c1-21-12-14-23(15-13-21)20-41-31-26(32)16-24(17-29(31)40-3)18-34-35-30(37)19-36(28-11-7-10-27(33)22(28)2)42(38,39)25-8-5-4-6-9-25/h4-18H,19-20H2,1-3H3,(H,35,37)/b34-18-. The number of methoxy groups -OCH3 is 1. The molecule has 0 aliphatic rings. The zero-order valence-corrected chi connectivity index (χ0v) is 26.3. The van der Waals surface area contributed by atoms with Crippen LogP contribution in [0.5, 0.6) is 11.5 Å². The van der Waals surface area contributed by atoms with Crippen molar-refractivity contribution < 1.29 is 22.7 Å². The maximum Gasteiger partial charge on any atom is 0.264 e. The number of benzene rings is 4. The lowest BCUT2D eigenvalue weighted by Gasteiger charge is -2.25. The van der Waals surface area contributed by atoms with E-state index in [0.29, 0.717) is 44.4 Å². The molecule has 4 rings (SSSR count). The molecule has 0 heterocycles. The first-order valence-corrected chi connectivity index (χ1v) is 15.4. The Morgan fingerprint density at radius 3 is 2.43 bits per heavy atom. The smallest absolute Gasteiger partial charge is 0.264 e. The minimum atomic E-state index is -4.09. The summed E-state index contributed by atoms with van der Waals surface area (Å²) in [4.78, 5) is 13.0. The van der Waals surface area contributed by atoms with Gasteiger partial charge in [-0.15, -0.1) is 0 Å². The van der Waals surface area contributed by atoms with Crippen molar-refractivity contribution in [3.8, 4) is 11.5 Å². The van der Waals surface area contributed by atoms with Gasteiger partial charge in [-0.05, 0) is 82.9 Å². The predicted octanol–water partition coefficient (Wildman–Crippen LogP) is 6.65. The lowest BCUT2D eigenvalue weighted by atomic mass is 10.2. The van der Waals surface area contributed by atoms with E-state index < -0.39 is 22.5 Å². The van der Waals surface area contributed by atoms with Crippen LogP contribution in [-0.4, -0.2) is 34.2 Å². The first-order valence-electron chi connectivity index (χ1n) is 12.8. The van der Waals surface area contributed by atoms with Gasteiger partial charge in [-0.2, -0.15) is 5.10 Å². The number of carbonyl (C=O) groups is 1. The van der Waals surface area contributed by atoms with E-state index in [2.05, 4.69) is 26.5 Å². The van der Waals surface area contributed by atoms with Crippen LogP contribution in [0.25, 0.3) is 0 Å². The Bertz CT molecular complexity index is 1700. The third kappa shape index (κ3) is 7.50. The van der Waals surface area contributed by atoms with E-state index in [0.717, 1.165) is 9.87 Å². The van der Waals surface area contributed by atoms with Gasteiger partial charge >= 0.3 is 0 Å². The second kappa shape index (κ2) is 13.9. The molecule has 0 saturated heterocycles. The molecule has 0 atom stereocenters. The summed E-state index contributed by atoms with van der Waals surface area (Å²) in [6, 6.07) is 24.3. The van der Waals surface area contributed by atoms with E-state index >= 15 is 0 Å². The third-order valence-corrected chi connectivity index (χ3v) is 9.06. The van der Waals surface area contributed by atoms with Gasteiger partial charge in [0.1, 0.15) is 13.2 Å². The summed E-state index contributed by atoms with van der Waals surface area (Å²) in [6.07, 6.45) is 1.43.